The van der Waals surface area contributed by atoms with E-state index in [2.05, 4.69) is 15.2 Å². The molecule has 1 atom stereocenters. The normalized spacial score (nSPS) is 16.5. The predicted molar refractivity (Wildman–Crippen MR) is 119 cm³/mol. The molecule has 1 aromatic heterocycles. The van der Waals surface area contributed by atoms with Gasteiger partial charge in [0, 0.05) is 43.7 Å². The van der Waals surface area contributed by atoms with Crippen molar-refractivity contribution in [3.8, 4) is 11.5 Å². The number of methoxy groups -OCH3 is 1. The maximum Gasteiger partial charge on any atom is 0.127 e. The van der Waals surface area contributed by atoms with Crippen molar-refractivity contribution in [2.75, 3.05) is 33.4 Å². The number of benzene rings is 1. The number of β-amino-alcohol motifs (C(OH)–C–C–N with tert-alkyl or cyclic N) is 1. The average molecular weight is 414 g/mol. The third-order valence-electron chi connectivity index (χ3n) is 5.49. The first-order chi connectivity index (χ1) is 14.7. The molecule has 0 aliphatic carbocycles. The van der Waals surface area contributed by atoms with Crippen LogP contribution in [0.5, 0.6) is 11.5 Å². The molecule has 0 saturated carbocycles. The Hall–Kier alpha value is -2.15. The summed E-state index contributed by atoms with van der Waals surface area (Å²) < 4.78 is 11.4. The number of hydrogen-bond donors (Lipinski definition) is 2. The van der Waals surface area contributed by atoms with Gasteiger partial charge in [-0.1, -0.05) is 31.4 Å². The van der Waals surface area contributed by atoms with Gasteiger partial charge >= 0.3 is 0 Å². The highest BCUT2D eigenvalue weighted by atomic mass is 16.5. The Kier molecular flexibility index (Phi) is 9.41. The Balaban J connectivity index is 1.52. The van der Waals surface area contributed by atoms with E-state index in [0.717, 1.165) is 42.3 Å². The first kappa shape index (κ1) is 22.5. The third-order valence-corrected chi connectivity index (χ3v) is 5.49. The summed E-state index contributed by atoms with van der Waals surface area (Å²) in [6.07, 6.45) is 9.49. The van der Waals surface area contributed by atoms with Gasteiger partial charge in [0.05, 0.1) is 7.11 Å². The van der Waals surface area contributed by atoms with Crippen molar-refractivity contribution in [1.82, 2.24) is 15.2 Å². The van der Waals surface area contributed by atoms with Crippen molar-refractivity contribution < 1.29 is 14.6 Å². The largest absolute Gasteiger partial charge is 0.497 e. The summed E-state index contributed by atoms with van der Waals surface area (Å²) in [7, 11) is 1.65. The van der Waals surface area contributed by atoms with Gasteiger partial charge in [-0.2, -0.15) is 0 Å². The van der Waals surface area contributed by atoms with Crippen LogP contribution in [-0.4, -0.2) is 54.4 Å². The number of hydrogen-bond acceptors (Lipinski definition) is 6. The van der Waals surface area contributed by atoms with Gasteiger partial charge in [0.2, 0.25) is 0 Å². The summed E-state index contributed by atoms with van der Waals surface area (Å²) in [5.41, 5.74) is 2.18. The summed E-state index contributed by atoms with van der Waals surface area (Å²) in [6.45, 7) is 4.48. The molecule has 3 rings (SSSR count). The molecule has 2 aromatic rings. The highest BCUT2D eigenvalue weighted by molar-refractivity contribution is 5.40. The molecule has 2 N–H and O–H groups in total. The molecule has 1 aromatic carbocycles. The minimum absolute atomic E-state index is 0.277. The highest BCUT2D eigenvalue weighted by Gasteiger charge is 2.15. The fourth-order valence-corrected chi connectivity index (χ4v) is 3.82. The molecule has 6 heteroatoms. The molecule has 1 aliphatic rings. The SMILES string of the molecule is COc1ccc(CNCc2cccnc2)c(OCC(O)CN2CCCCCCC2)c1. The first-order valence-corrected chi connectivity index (χ1v) is 11.0. The lowest BCUT2D eigenvalue weighted by Gasteiger charge is -2.27. The monoisotopic (exact) mass is 413 g/mol. The van der Waals surface area contributed by atoms with Crippen LogP contribution in [0.2, 0.25) is 0 Å². The zero-order valence-corrected chi connectivity index (χ0v) is 18.1. The van der Waals surface area contributed by atoms with E-state index >= 15 is 0 Å². The van der Waals surface area contributed by atoms with Crippen LogP contribution in [0.3, 0.4) is 0 Å². The number of pyridine rings is 1. The smallest absolute Gasteiger partial charge is 0.127 e. The second-order valence-electron chi connectivity index (χ2n) is 7.97. The van der Waals surface area contributed by atoms with Crippen LogP contribution in [-0.2, 0) is 13.1 Å². The second-order valence-corrected chi connectivity index (χ2v) is 7.97. The second kappa shape index (κ2) is 12.5. The van der Waals surface area contributed by atoms with Gasteiger partial charge in [-0.05, 0) is 43.6 Å². The van der Waals surface area contributed by atoms with Crippen molar-refractivity contribution in [3.63, 3.8) is 0 Å². The van der Waals surface area contributed by atoms with E-state index in [1.54, 1.807) is 13.3 Å². The number of aliphatic hydroxyl groups is 1. The van der Waals surface area contributed by atoms with Gasteiger partial charge in [-0.3, -0.25) is 4.98 Å². The van der Waals surface area contributed by atoms with Gasteiger partial charge in [-0.15, -0.1) is 0 Å². The third kappa shape index (κ3) is 7.59. The number of aromatic nitrogens is 1. The molecular formula is C24H35N3O3. The molecule has 1 aliphatic heterocycles. The van der Waals surface area contributed by atoms with Crippen molar-refractivity contribution in [1.29, 1.82) is 0 Å². The van der Waals surface area contributed by atoms with Crippen molar-refractivity contribution in [2.45, 2.75) is 51.3 Å². The van der Waals surface area contributed by atoms with Crippen LogP contribution >= 0.6 is 0 Å². The van der Waals surface area contributed by atoms with E-state index in [9.17, 15) is 5.11 Å². The number of aliphatic hydroxyl groups excluding tert-OH is 1. The minimum Gasteiger partial charge on any atom is -0.497 e. The lowest BCUT2D eigenvalue weighted by atomic mass is 10.1. The van der Waals surface area contributed by atoms with E-state index < -0.39 is 6.10 Å². The highest BCUT2D eigenvalue weighted by Crippen LogP contribution is 2.25. The molecule has 1 unspecified atom stereocenters. The number of likely N-dealkylation sites (tertiary alicyclic amines) is 1. The van der Waals surface area contributed by atoms with Crippen LogP contribution in [0.25, 0.3) is 0 Å². The lowest BCUT2D eigenvalue weighted by Crippen LogP contribution is -2.37. The average Bonchev–Trinajstić information content (AvgIpc) is 2.75. The van der Waals surface area contributed by atoms with Crippen LogP contribution in [0.1, 0.15) is 43.2 Å². The standard InChI is InChI=1S/C24H35N3O3/c1-29-23-10-9-21(17-26-16-20-8-7-11-25-15-20)24(14-23)30-19-22(28)18-27-12-5-3-2-4-6-13-27/h7-11,14-15,22,26,28H,2-6,12-13,16-19H2,1H3. The minimum atomic E-state index is -0.508. The topological polar surface area (TPSA) is 66.8 Å². The van der Waals surface area contributed by atoms with Crippen molar-refractivity contribution in [3.05, 3.63) is 53.9 Å². The van der Waals surface area contributed by atoms with Gasteiger partial charge in [-0.25, -0.2) is 0 Å². The predicted octanol–water partition coefficient (Wildman–Crippen LogP) is 3.39. The molecule has 0 radical (unpaired) electrons. The summed E-state index contributed by atoms with van der Waals surface area (Å²) in [4.78, 5) is 6.52. The summed E-state index contributed by atoms with van der Waals surface area (Å²) in [5, 5.41) is 14.0. The Morgan fingerprint density at radius 1 is 1.10 bits per heavy atom. The fraction of sp³-hybridized carbons (Fsp3) is 0.542. The number of nitrogens with zero attached hydrogens (tertiary/aromatic N) is 2. The van der Waals surface area contributed by atoms with Gasteiger partial charge in [0.25, 0.3) is 0 Å². The fourth-order valence-electron chi connectivity index (χ4n) is 3.82. The zero-order valence-electron chi connectivity index (χ0n) is 18.1. The zero-order chi connectivity index (χ0) is 21.0. The van der Waals surface area contributed by atoms with Gasteiger partial charge in [0.1, 0.15) is 24.2 Å². The summed E-state index contributed by atoms with van der Waals surface area (Å²) >= 11 is 0. The van der Waals surface area contributed by atoms with E-state index in [1.807, 2.05) is 36.5 Å². The molecule has 1 saturated heterocycles. The maximum absolute atomic E-state index is 10.5. The molecule has 1 fully saturated rings. The quantitative estimate of drug-likeness (QED) is 0.622. The van der Waals surface area contributed by atoms with E-state index in [4.69, 9.17) is 9.47 Å². The molecule has 0 bridgehead atoms. The van der Waals surface area contributed by atoms with Crippen molar-refractivity contribution >= 4 is 0 Å². The van der Waals surface area contributed by atoms with Gasteiger partial charge in [0.15, 0.2) is 0 Å². The Bertz CT molecular complexity index is 734. The van der Waals surface area contributed by atoms with Crippen LogP contribution < -0.4 is 14.8 Å². The Morgan fingerprint density at radius 3 is 2.63 bits per heavy atom. The first-order valence-electron chi connectivity index (χ1n) is 11.0. The van der Waals surface area contributed by atoms with Crippen LogP contribution in [0.4, 0.5) is 0 Å². The molecule has 0 amide bonds. The number of ether oxygens (including phenoxy) is 2. The molecule has 30 heavy (non-hydrogen) atoms. The van der Waals surface area contributed by atoms with Crippen LogP contribution in [0, 0.1) is 0 Å². The molecule has 6 nitrogen and oxygen atoms in total. The van der Waals surface area contributed by atoms with Gasteiger partial charge < -0.3 is 24.8 Å². The molecule has 0 spiro atoms. The van der Waals surface area contributed by atoms with Crippen molar-refractivity contribution in [2.24, 2.45) is 0 Å². The van der Waals surface area contributed by atoms with E-state index in [0.29, 0.717) is 13.1 Å². The lowest BCUT2D eigenvalue weighted by molar-refractivity contribution is 0.0650. The van der Waals surface area contributed by atoms with E-state index in [1.165, 1.54) is 32.1 Å². The van der Waals surface area contributed by atoms with Crippen LogP contribution in [0.15, 0.2) is 42.7 Å². The summed E-state index contributed by atoms with van der Waals surface area (Å²) in [6, 6.07) is 9.82. The molecule has 164 valence electrons. The Morgan fingerprint density at radius 2 is 1.90 bits per heavy atom. The maximum atomic E-state index is 10.5. The van der Waals surface area contributed by atoms with E-state index in [-0.39, 0.29) is 6.61 Å². The summed E-state index contributed by atoms with van der Waals surface area (Å²) in [5.74, 6) is 1.50. The Labute approximate surface area is 180 Å². The number of rotatable bonds is 10. The molecular weight excluding hydrogens is 378 g/mol. The molecule has 2 heterocycles. The number of nitrogens with one attached hydrogen (secondary N) is 1.